The number of β-amino-alcohol motifs (C(OH)–C–C–N with tert-alkyl or cyclic N) is 1. The van der Waals surface area contributed by atoms with Crippen molar-refractivity contribution in [3.63, 3.8) is 0 Å². The Labute approximate surface area is 444 Å². The summed E-state index contributed by atoms with van der Waals surface area (Å²) in [7, 11) is 0. The van der Waals surface area contributed by atoms with Crippen LogP contribution < -0.4 is 26.2 Å². The number of benzene rings is 2. The number of hydrogen-bond donors (Lipinski definition) is 5. The van der Waals surface area contributed by atoms with Gasteiger partial charge in [0, 0.05) is 93.1 Å². The predicted octanol–water partition coefficient (Wildman–Crippen LogP) is 6.64. The standard InChI is InChI=1S/C56H72ClN11O5S/c1-33(35-10-12-36(13-11-35)46-34(2)60-32-74-46)61-49(72)43-23-41(69)28-68(43)50(73)47(53(3,4)5)63-45(70)29-65-30-56(31-65)24-40(25-56)66-18-20-67(21-19-66)44-17-15-38(27-59-44)48(71)64-52-54(6,7)51(55(52,8)9)62-39-16-14-37(26-58)42(57)22-39/h10-17,22,27,32-33,40-41,43,47,51-52,62,69H,18-21,23-25,28-31H2,1-9H3,(H,61,72)(H,63,70)(H,64,71)/t33-,41+,43?,47?,51-,52-/m0/s1. The van der Waals surface area contributed by atoms with Crippen molar-refractivity contribution in [2.75, 3.05) is 62.6 Å². The second-order valence-corrected chi connectivity index (χ2v) is 25.2. The lowest BCUT2D eigenvalue weighted by molar-refractivity contribution is -0.146. The first-order valence-corrected chi connectivity index (χ1v) is 27.3. The first-order chi connectivity index (χ1) is 35.0. The number of amides is 4. The van der Waals surface area contributed by atoms with Crippen LogP contribution >= 0.6 is 22.9 Å². The molecule has 3 aliphatic heterocycles. The van der Waals surface area contributed by atoms with Gasteiger partial charge in [-0.25, -0.2) is 9.97 Å². The molecule has 2 aromatic heterocycles. The van der Waals surface area contributed by atoms with Crippen molar-refractivity contribution >= 4 is 58.1 Å². The molecule has 2 saturated carbocycles. The van der Waals surface area contributed by atoms with Crippen molar-refractivity contribution in [2.45, 2.75) is 124 Å². The minimum absolute atomic E-state index is 0.0193. The number of aromatic nitrogens is 2. The summed E-state index contributed by atoms with van der Waals surface area (Å²) in [6, 6.07) is 17.6. The fourth-order valence-electron chi connectivity index (χ4n) is 12.9. The van der Waals surface area contributed by atoms with E-state index in [9.17, 15) is 29.5 Å². The number of nitrogens with one attached hydrogen (secondary N) is 4. The van der Waals surface area contributed by atoms with Crippen LogP contribution in [0.2, 0.25) is 5.02 Å². The molecule has 2 unspecified atom stereocenters. The molecule has 5 aliphatic rings. The average molecular weight is 1050 g/mol. The highest BCUT2D eigenvalue weighted by Crippen LogP contribution is 2.55. The summed E-state index contributed by atoms with van der Waals surface area (Å²) in [5.41, 5.74) is 5.58. The van der Waals surface area contributed by atoms with E-state index in [0.29, 0.717) is 22.2 Å². The minimum atomic E-state index is -0.885. The zero-order valence-corrected chi connectivity index (χ0v) is 45.7. The third-order valence-corrected chi connectivity index (χ3v) is 18.0. The van der Waals surface area contributed by atoms with Crippen molar-refractivity contribution < 1.29 is 24.3 Å². The largest absolute Gasteiger partial charge is 0.391 e. The number of aliphatic hydroxyl groups excluding tert-OH is 1. The third kappa shape index (κ3) is 10.6. The average Bonchev–Trinajstić information content (AvgIpc) is 3.96. The molecule has 4 aromatic rings. The van der Waals surface area contributed by atoms with Crippen LogP contribution in [0.25, 0.3) is 10.4 Å². The highest BCUT2D eigenvalue weighted by Gasteiger charge is 2.62. The first kappa shape index (κ1) is 53.2. The molecule has 2 aliphatic carbocycles. The first-order valence-electron chi connectivity index (χ1n) is 26.0. The van der Waals surface area contributed by atoms with Gasteiger partial charge < -0.3 is 36.2 Å². The van der Waals surface area contributed by atoms with E-state index >= 15 is 0 Å². The van der Waals surface area contributed by atoms with Gasteiger partial charge in [0.1, 0.15) is 24.0 Å². The van der Waals surface area contributed by atoms with Crippen LogP contribution in [-0.2, 0) is 14.4 Å². The molecule has 5 fully saturated rings. The summed E-state index contributed by atoms with van der Waals surface area (Å²) in [5, 5.41) is 33.4. The summed E-state index contributed by atoms with van der Waals surface area (Å²) < 4.78 is 0. The quantitative estimate of drug-likeness (QED) is 0.0904. The molecule has 5 heterocycles. The molecule has 2 aromatic carbocycles. The Bertz CT molecular complexity index is 2770. The monoisotopic (exact) mass is 1050 g/mol. The number of nitrogens with zero attached hydrogens (tertiary/aromatic N) is 7. The summed E-state index contributed by atoms with van der Waals surface area (Å²) in [6.07, 6.45) is 3.12. The van der Waals surface area contributed by atoms with E-state index in [0.717, 1.165) is 85.3 Å². The molecule has 5 N–H and O–H groups in total. The predicted molar refractivity (Wildman–Crippen MR) is 289 cm³/mol. The van der Waals surface area contributed by atoms with E-state index in [1.165, 1.54) is 4.90 Å². The van der Waals surface area contributed by atoms with Gasteiger partial charge in [0.15, 0.2) is 0 Å². The number of aliphatic hydroxyl groups is 1. The summed E-state index contributed by atoms with van der Waals surface area (Å²) in [5.74, 6) is -0.225. The van der Waals surface area contributed by atoms with Crippen molar-refractivity contribution in [3.8, 4) is 16.5 Å². The third-order valence-electron chi connectivity index (χ3n) is 16.7. The van der Waals surface area contributed by atoms with Crippen molar-refractivity contribution in [1.82, 2.24) is 40.6 Å². The number of piperazine rings is 1. The van der Waals surface area contributed by atoms with Crippen LogP contribution in [0.15, 0.2) is 66.3 Å². The highest BCUT2D eigenvalue weighted by molar-refractivity contribution is 7.13. The Hall–Kier alpha value is -5.64. The number of likely N-dealkylation sites (tertiary alicyclic amines) is 2. The maximum absolute atomic E-state index is 14.3. The van der Waals surface area contributed by atoms with Gasteiger partial charge in [0.05, 0.1) is 50.9 Å². The normalized spacial score (nSPS) is 24.1. The van der Waals surface area contributed by atoms with Gasteiger partial charge in [-0.1, -0.05) is 84.3 Å². The zero-order chi connectivity index (χ0) is 53.1. The molecular formula is C56H72ClN11O5S. The Morgan fingerprint density at radius 3 is 2.22 bits per heavy atom. The topological polar surface area (TPSA) is 199 Å². The van der Waals surface area contributed by atoms with Gasteiger partial charge >= 0.3 is 0 Å². The summed E-state index contributed by atoms with van der Waals surface area (Å²) >= 11 is 7.90. The molecule has 4 amide bonds. The number of pyridine rings is 1. The molecular weight excluding hydrogens is 974 g/mol. The van der Waals surface area contributed by atoms with E-state index in [4.69, 9.17) is 16.6 Å². The van der Waals surface area contributed by atoms with Gasteiger partial charge in [0.2, 0.25) is 17.7 Å². The molecule has 394 valence electrons. The fraction of sp³-hybridized carbons (Fsp3) is 0.554. The molecule has 3 saturated heterocycles. The Balaban J connectivity index is 0.701. The lowest BCUT2D eigenvalue weighted by atomic mass is 9.48. The van der Waals surface area contributed by atoms with Crippen LogP contribution in [0.5, 0.6) is 0 Å². The second-order valence-electron chi connectivity index (χ2n) is 23.9. The molecule has 16 nitrogen and oxygen atoms in total. The number of rotatable bonds is 14. The zero-order valence-electron chi connectivity index (χ0n) is 44.2. The van der Waals surface area contributed by atoms with E-state index in [1.807, 2.05) is 82.6 Å². The molecule has 9 rings (SSSR count). The Morgan fingerprint density at radius 1 is 0.932 bits per heavy atom. The maximum Gasteiger partial charge on any atom is 0.253 e. The molecule has 0 bridgehead atoms. The lowest BCUT2D eigenvalue weighted by Crippen LogP contribution is -2.75. The molecule has 18 heteroatoms. The smallest absolute Gasteiger partial charge is 0.253 e. The minimum Gasteiger partial charge on any atom is -0.391 e. The number of carbonyl (C=O) groups excluding carboxylic acids is 4. The van der Waals surface area contributed by atoms with E-state index in [2.05, 4.69) is 74.7 Å². The molecule has 0 radical (unpaired) electrons. The van der Waals surface area contributed by atoms with Crippen molar-refractivity contribution in [3.05, 3.63) is 93.7 Å². The van der Waals surface area contributed by atoms with Crippen LogP contribution in [0.3, 0.4) is 0 Å². The van der Waals surface area contributed by atoms with E-state index < -0.39 is 23.6 Å². The van der Waals surface area contributed by atoms with Gasteiger partial charge in [-0.05, 0) is 79.0 Å². The SMILES string of the molecule is Cc1ncsc1-c1ccc([C@H](C)NC(=O)C2C[C@@H](O)CN2C(=O)C(NC(=O)CN2CC3(CC(N4CCN(c5ccc(C(=O)N[C@H]6C(C)(C)[C@H](Nc7ccc(C#N)c(Cl)c7)C6(C)C)cn5)CC4)C3)C2)C(C)(C)C)cc1. The second kappa shape index (κ2) is 20.5. The van der Waals surface area contributed by atoms with Crippen LogP contribution in [0, 0.1) is 39.9 Å². The van der Waals surface area contributed by atoms with Crippen molar-refractivity contribution in [2.24, 2.45) is 21.7 Å². The van der Waals surface area contributed by atoms with Gasteiger partial charge in [-0.2, -0.15) is 5.26 Å². The molecule has 4 atom stereocenters. The number of aryl methyl sites for hydroxylation is 1. The van der Waals surface area contributed by atoms with Crippen LogP contribution in [0.4, 0.5) is 11.5 Å². The summed E-state index contributed by atoms with van der Waals surface area (Å²) in [4.78, 5) is 73.9. The van der Waals surface area contributed by atoms with Gasteiger partial charge in [0.25, 0.3) is 5.91 Å². The van der Waals surface area contributed by atoms with Gasteiger partial charge in [-0.15, -0.1) is 11.3 Å². The summed E-state index contributed by atoms with van der Waals surface area (Å²) in [6.45, 7) is 23.6. The fourth-order valence-corrected chi connectivity index (χ4v) is 13.9. The number of thiazole rings is 1. The van der Waals surface area contributed by atoms with Crippen LogP contribution in [-0.4, -0.2) is 142 Å². The molecule has 1 spiro atoms. The maximum atomic E-state index is 14.3. The number of carbonyl (C=O) groups is 4. The number of hydrogen-bond acceptors (Lipinski definition) is 13. The molecule has 74 heavy (non-hydrogen) atoms. The Morgan fingerprint density at radius 2 is 1.62 bits per heavy atom. The van der Waals surface area contributed by atoms with Gasteiger partial charge in [-0.3, -0.25) is 29.0 Å². The number of nitriles is 1. The Kier molecular flexibility index (Phi) is 14.7. The van der Waals surface area contributed by atoms with Crippen LogP contribution in [0.1, 0.15) is 108 Å². The van der Waals surface area contributed by atoms with E-state index in [1.54, 1.807) is 29.7 Å². The number of halogens is 1. The van der Waals surface area contributed by atoms with E-state index in [-0.39, 0.29) is 77.5 Å². The lowest BCUT2D eigenvalue weighted by Gasteiger charge is -2.64. The highest BCUT2D eigenvalue weighted by atomic mass is 35.5. The van der Waals surface area contributed by atoms with Crippen molar-refractivity contribution in [1.29, 1.82) is 5.26 Å². The number of anilines is 2.